The Labute approximate surface area is 181 Å². The van der Waals surface area contributed by atoms with Gasteiger partial charge in [0.2, 0.25) is 11.8 Å². The number of halogens is 1. The Morgan fingerprint density at radius 2 is 1.84 bits per heavy atom. The van der Waals surface area contributed by atoms with Crippen LogP contribution in [0.1, 0.15) is 63.6 Å². The molecule has 0 unspecified atom stereocenters. The molecular weight excluding hydrogens is 397 g/mol. The normalized spacial score (nSPS) is 16.9. The van der Waals surface area contributed by atoms with Crippen molar-refractivity contribution >= 4 is 17.5 Å². The van der Waals surface area contributed by atoms with Crippen molar-refractivity contribution in [2.45, 2.75) is 70.8 Å². The minimum absolute atomic E-state index is 0.0787. The third-order valence-electron chi connectivity index (χ3n) is 6.25. The van der Waals surface area contributed by atoms with Crippen molar-refractivity contribution in [1.29, 1.82) is 0 Å². The maximum atomic E-state index is 14.3. The topological polar surface area (TPSA) is 88.9 Å². The van der Waals surface area contributed by atoms with Crippen LogP contribution in [0.15, 0.2) is 18.2 Å². The van der Waals surface area contributed by atoms with Crippen LogP contribution in [-0.4, -0.2) is 33.1 Å². The second kappa shape index (κ2) is 10.0. The van der Waals surface area contributed by atoms with E-state index in [-0.39, 0.29) is 18.1 Å². The van der Waals surface area contributed by atoms with E-state index in [0.717, 1.165) is 50.9 Å². The summed E-state index contributed by atoms with van der Waals surface area (Å²) in [5.41, 5.74) is 0.786. The van der Waals surface area contributed by atoms with E-state index in [9.17, 15) is 14.0 Å². The van der Waals surface area contributed by atoms with Crippen molar-refractivity contribution in [3.05, 3.63) is 29.8 Å². The summed E-state index contributed by atoms with van der Waals surface area (Å²) in [6.07, 6.45) is 10.4. The molecule has 2 N–H and O–H groups in total. The average Bonchev–Trinajstić information content (AvgIpc) is 3.02. The van der Waals surface area contributed by atoms with E-state index in [1.807, 2.05) is 0 Å². The molecule has 0 radical (unpaired) electrons. The van der Waals surface area contributed by atoms with E-state index in [1.54, 1.807) is 12.1 Å². The predicted molar refractivity (Wildman–Crippen MR) is 116 cm³/mol. The fraction of sp³-hybridized carbons (Fsp3) is 0.565. The summed E-state index contributed by atoms with van der Waals surface area (Å²) < 4.78 is 16.4. The van der Waals surface area contributed by atoms with Gasteiger partial charge in [-0.2, -0.15) is 0 Å². The lowest BCUT2D eigenvalue weighted by Crippen LogP contribution is -2.34. The molecule has 2 heterocycles. The molecule has 2 aliphatic rings. The third-order valence-corrected chi connectivity index (χ3v) is 6.25. The van der Waals surface area contributed by atoms with Crippen LogP contribution in [0, 0.1) is 11.7 Å². The van der Waals surface area contributed by atoms with Crippen LogP contribution in [0.2, 0.25) is 0 Å². The number of carbonyl (C=O) groups is 2. The van der Waals surface area contributed by atoms with Crippen molar-refractivity contribution in [3.63, 3.8) is 0 Å². The molecule has 1 aliphatic heterocycles. The highest BCUT2D eigenvalue weighted by molar-refractivity contribution is 5.95. The summed E-state index contributed by atoms with van der Waals surface area (Å²) in [5.74, 6) is 0.942. The highest BCUT2D eigenvalue weighted by atomic mass is 19.1. The number of anilines is 1. The zero-order valence-electron chi connectivity index (χ0n) is 17.8. The summed E-state index contributed by atoms with van der Waals surface area (Å²) in [7, 11) is 0. The van der Waals surface area contributed by atoms with Gasteiger partial charge in [-0.15, -0.1) is 10.2 Å². The SMILES string of the molecule is O=C(CC1CCCCC1)NCC(=O)Nc1cc(-c2nnc3n2CCCCC3)ccc1F. The Bertz CT molecular complexity index is 936. The van der Waals surface area contributed by atoms with Gasteiger partial charge in [0.25, 0.3) is 0 Å². The van der Waals surface area contributed by atoms with Gasteiger partial charge in [-0.3, -0.25) is 9.59 Å². The molecule has 1 fully saturated rings. The molecule has 31 heavy (non-hydrogen) atoms. The van der Waals surface area contributed by atoms with Crippen molar-refractivity contribution in [3.8, 4) is 11.4 Å². The number of nitrogens with zero attached hydrogens (tertiary/aromatic N) is 3. The monoisotopic (exact) mass is 427 g/mol. The van der Waals surface area contributed by atoms with Gasteiger partial charge < -0.3 is 15.2 Å². The zero-order chi connectivity index (χ0) is 21.6. The average molecular weight is 428 g/mol. The molecule has 0 bridgehead atoms. The number of aryl methyl sites for hydroxylation is 1. The van der Waals surface area contributed by atoms with Crippen molar-refractivity contribution in [2.24, 2.45) is 5.92 Å². The van der Waals surface area contributed by atoms with Crippen LogP contribution in [0.5, 0.6) is 0 Å². The number of hydrogen-bond donors (Lipinski definition) is 2. The van der Waals surface area contributed by atoms with Crippen molar-refractivity contribution in [2.75, 3.05) is 11.9 Å². The number of aromatic nitrogens is 3. The first-order valence-electron chi connectivity index (χ1n) is 11.4. The lowest BCUT2D eigenvalue weighted by molar-refractivity contribution is -0.125. The van der Waals surface area contributed by atoms with Gasteiger partial charge in [-0.05, 0) is 49.8 Å². The van der Waals surface area contributed by atoms with Gasteiger partial charge in [0, 0.05) is 24.9 Å². The molecule has 4 rings (SSSR count). The fourth-order valence-electron chi connectivity index (χ4n) is 4.56. The van der Waals surface area contributed by atoms with Gasteiger partial charge in [-0.25, -0.2) is 4.39 Å². The minimum Gasteiger partial charge on any atom is -0.347 e. The zero-order valence-corrected chi connectivity index (χ0v) is 17.8. The first-order valence-corrected chi connectivity index (χ1v) is 11.4. The van der Waals surface area contributed by atoms with Crippen molar-refractivity contribution in [1.82, 2.24) is 20.1 Å². The Morgan fingerprint density at radius 1 is 1.03 bits per heavy atom. The maximum Gasteiger partial charge on any atom is 0.243 e. The Morgan fingerprint density at radius 3 is 2.68 bits per heavy atom. The summed E-state index contributed by atoms with van der Waals surface area (Å²) in [5, 5.41) is 13.8. The van der Waals surface area contributed by atoms with Gasteiger partial charge in [0.1, 0.15) is 11.6 Å². The van der Waals surface area contributed by atoms with E-state index in [0.29, 0.717) is 23.7 Å². The maximum absolute atomic E-state index is 14.3. The summed E-state index contributed by atoms with van der Waals surface area (Å²) in [4.78, 5) is 24.4. The third kappa shape index (κ3) is 5.48. The number of benzene rings is 1. The number of amides is 2. The molecule has 0 atom stereocenters. The quantitative estimate of drug-likeness (QED) is 0.733. The smallest absolute Gasteiger partial charge is 0.243 e. The number of fused-ring (bicyclic) bond motifs is 1. The molecule has 7 nitrogen and oxygen atoms in total. The Hall–Kier alpha value is -2.77. The molecule has 1 saturated carbocycles. The molecule has 2 aromatic rings. The first-order chi connectivity index (χ1) is 15.1. The van der Waals surface area contributed by atoms with Gasteiger partial charge >= 0.3 is 0 Å². The first kappa shape index (κ1) is 21.5. The van der Waals surface area contributed by atoms with Crippen LogP contribution in [0.25, 0.3) is 11.4 Å². The lowest BCUT2D eigenvalue weighted by Gasteiger charge is -2.20. The van der Waals surface area contributed by atoms with Crippen LogP contribution < -0.4 is 10.6 Å². The van der Waals surface area contributed by atoms with Crippen LogP contribution in [0.3, 0.4) is 0 Å². The summed E-state index contributed by atoms with van der Waals surface area (Å²) in [6, 6.07) is 4.56. The number of hydrogen-bond acceptors (Lipinski definition) is 4. The number of carbonyl (C=O) groups excluding carboxylic acids is 2. The molecular formula is C23H30FN5O2. The van der Waals surface area contributed by atoms with Crippen LogP contribution >= 0.6 is 0 Å². The van der Waals surface area contributed by atoms with E-state index in [2.05, 4.69) is 25.4 Å². The van der Waals surface area contributed by atoms with Crippen LogP contribution in [-0.2, 0) is 22.6 Å². The van der Waals surface area contributed by atoms with E-state index in [4.69, 9.17) is 0 Å². The number of rotatable bonds is 6. The van der Waals surface area contributed by atoms with Crippen molar-refractivity contribution < 1.29 is 14.0 Å². The lowest BCUT2D eigenvalue weighted by atomic mass is 9.87. The second-order valence-electron chi connectivity index (χ2n) is 8.63. The van der Waals surface area contributed by atoms with E-state index >= 15 is 0 Å². The van der Waals surface area contributed by atoms with Gasteiger partial charge in [-0.1, -0.05) is 25.7 Å². The summed E-state index contributed by atoms with van der Waals surface area (Å²) >= 11 is 0. The molecule has 0 spiro atoms. The molecule has 166 valence electrons. The molecule has 1 aromatic carbocycles. The van der Waals surface area contributed by atoms with E-state index in [1.165, 1.54) is 25.3 Å². The Kier molecular flexibility index (Phi) is 6.94. The van der Waals surface area contributed by atoms with Gasteiger partial charge in [0.05, 0.1) is 12.2 Å². The highest BCUT2D eigenvalue weighted by Gasteiger charge is 2.19. The number of nitrogens with one attached hydrogen (secondary N) is 2. The molecule has 1 aromatic heterocycles. The molecule has 2 amide bonds. The highest BCUT2D eigenvalue weighted by Crippen LogP contribution is 2.27. The van der Waals surface area contributed by atoms with Crippen LogP contribution in [0.4, 0.5) is 10.1 Å². The van der Waals surface area contributed by atoms with E-state index < -0.39 is 11.7 Å². The molecule has 0 saturated heterocycles. The predicted octanol–water partition coefficient (Wildman–Crippen LogP) is 3.84. The van der Waals surface area contributed by atoms with Gasteiger partial charge in [0.15, 0.2) is 5.82 Å². The largest absolute Gasteiger partial charge is 0.347 e. The second-order valence-corrected chi connectivity index (χ2v) is 8.63. The fourth-order valence-corrected chi connectivity index (χ4v) is 4.56. The summed E-state index contributed by atoms with van der Waals surface area (Å²) in [6.45, 7) is 0.666. The minimum atomic E-state index is -0.527. The Balaban J connectivity index is 1.37. The standard InChI is InChI=1S/C23H30FN5O2/c24-18-11-10-17(23-28-27-20-9-5-2-6-12-29(20)23)14-19(18)26-22(31)15-25-21(30)13-16-7-3-1-4-8-16/h10-11,14,16H,1-9,12-13,15H2,(H,25,30)(H,26,31). The molecule has 8 heteroatoms. The molecule has 1 aliphatic carbocycles.